The topological polar surface area (TPSA) is 64.4 Å². The Hall–Kier alpha value is -2.14. The molecule has 0 spiro atoms. The van der Waals surface area contributed by atoms with Gasteiger partial charge in [0.15, 0.2) is 0 Å². The second-order valence-electron chi connectivity index (χ2n) is 5.24. The van der Waals surface area contributed by atoms with Gasteiger partial charge < -0.3 is 14.5 Å². The molecule has 0 radical (unpaired) electrons. The number of aryl methyl sites for hydroxylation is 1. The lowest BCUT2D eigenvalue weighted by Crippen LogP contribution is -2.28. The van der Waals surface area contributed by atoms with Crippen molar-refractivity contribution in [1.29, 1.82) is 0 Å². The number of hydrogen-bond acceptors (Lipinski definition) is 4. The molecule has 0 saturated carbocycles. The first-order valence-electron chi connectivity index (χ1n) is 7.13. The number of benzene rings is 1. The van der Waals surface area contributed by atoms with Crippen LogP contribution in [-0.4, -0.2) is 24.1 Å². The number of hydrogen-bond donors (Lipinski definition) is 1. The summed E-state index contributed by atoms with van der Waals surface area (Å²) < 4.78 is 10.6. The largest absolute Gasteiger partial charge is 0.445 e. The highest BCUT2D eigenvalue weighted by Gasteiger charge is 2.22. The summed E-state index contributed by atoms with van der Waals surface area (Å²) in [4.78, 5) is 16.4. The van der Waals surface area contributed by atoms with Crippen LogP contribution in [0.1, 0.15) is 18.4 Å². The van der Waals surface area contributed by atoms with E-state index in [9.17, 15) is 4.79 Å². The molecular weight excluding hydrogens is 268 g/mol. The van der Waals surface area contributed by atoms with Crippen LogP contribution in [-0.2, 0) is 9.53 Å². The average Bonchev–Trinajstić information content (AvgIpc) is 3.04. The van der Waals surface area contributed by atoms with Crippen LogP contribution in [0.15, 0.2) is 35.1 Å². The number of rotatable bonds is 3. The highest BCUT2D eigenvalue weighted by molar-refractivity contribution is 5.93. The first kappa shape index (κ1) is 13.8. The smallest absolute Gasteiger partial charge is 0.227 e. The quantitative estimate of drug-likeness (QED) is 0.942. The molecule has 1 fully saturated rings. The Labute approximate surface area is 123 Å². The Bertz CT molecular complexity index is 616. The van der Waals surface area contributed by atoms with Gasteiger partial charge in [0, 0.05) is 30.4 Å². The second-order valence-corrected chi connectivity index (χ2v) is 5.24. The number of aromatic nitrogens is 1. The molecule has 1 aliphatic rings. The van der Waals surface area contributed by atoms with E-state index >= 15 is 0 Å². The fraction of sp³-hybridized carbons (Fsp3) is 0.375. The third-order valence-electron chi connectivity index (χ3n) is 3.76. The van der Waals surface area contributed by atoms with E-state index in [2.05, 4.69) is 10.3 Å². The lowest BCUT2D eigenvalue weighted by Gasteiger charge is -2.21. The Kier molecular flexibility index (Phi) is 4.01. The number of ether oxygens (including phenoxy) is 1. The normalized spacial score (nSPS) is 15.9. The van der Waals surface area contributed by atoms with Gasteiger partial charge >= 0.3 is 0 Å². The van der Waals surface area contributed by atoms with Gasteiger partial charge in [-0.1, -0.05) is 0 Å². The first-order chi connectivity index (χ1) is 10.2. The number of carbonyl (C=O) groups excluding carboxylic acids is 1. The van der Waals surface area contributed by atoms with Crippen LogP contribution in [0.4, 0.5) is 5.69 Å². The predicted octanol–water partition coefficient (Wildman–Crippen LogP) is 3.02. The van der Waals surface area contributed by atoms with Crippen LogP contribution in [0, 0.1) is 12.8 Å². The van der Waals surface area contributed by atoms with Gasteiger partial charge in [0.05, 0.1) is 6.20 Å². The zero-order valence-electron chi connectivity index (χ0n) is 12.0. The molecule has 110 valence electrons. The second kappa shape index (κ2) is 6.10. The molecule has 0 unspecified atom stereocenters. The first-order valence-corrected chi connectivity index (χ1v) is 7.13. The van der Waals surface area contributed by atoms with Crippen LogP contribution in [0.25, 0.3) is 11.5 Å². The third-order valence-corrected chi connectivity index (χ3v) is 3.76. The van der Waals surface area contributed by atoms with E-state index in [1.54, 1.807) is 12.5 Å². The molecule has 5 heteroatoms. The summed E-state index contributed by atoms with van der Waals surface area (Å²) in [6, 6.07) is 5.76. The van der Waals surface area contributed by atoms with E-state index in [0.717, 1.165) is 29.7 Å². The highest BCUT2D eigenvalue weighted by atomic mass is 16.5. The van der Waals surface area contributed by atoms with Gasteiger partial charge in [0.1, 0.15) is 6.26 Å². The number of nitrogens with one attached hydrogen (secondary N) is 1. The lowest BCUT2D eigenvalue weighted by molar-refractivity contribution is -0.122. The standard InChI is InChI=1S/C16H18N2O3/c1-11-10-13(16-17-6-9-21-16)2-3-14(11)18-15(19)12-4-7-20-8-5-12/h2-3,6,9-10,12H,4-5,7-8H2,1H3,(H,18,19). The highest BCUT2D eigenvalue weighted by Crippen LogP contribution is 2.25. The number of amides is 1. The maximum absolute atomic E-state index is 12.2. The van der Waals surface area contributed by atoms with Gasteiger partial charge in [-0.3, -0.25) is 4.79 Å². The van der Waals surface area contributed by atoms with Crippen molar-refractivity contribution in [3.8, 4) is 11.5 Å². The van der Waals surface area contributed by atoms with Crippen LogP contribution in [0.5, 0.6) is 0 Å². The van der Waals surface area contributed by atoms with Gasteiger partial charge in [0.25, 0.3) is 0 Å². The molecule has 0 bridgehead atoms. The van der Waals surface area contributed by atoms with Crippen molar-refractivity contribution in [3.05, 3.63) is 36.2 Å². The molecule has 1 aliphatic heterocycles. The zero-order chi connectivity index (χ0) is 14.7. The molecule has 1 amide bonds. The summed E-state index contributed by atoms with van der Waals surface area (Å²) in [5.74, 6) is 0.704. The Morgan fingerprint density at radius 2 is 2.14 bits per heavy atom. The SMILES string of the molecule is Cc1cc(-c2ncco2)ccc1NC(=O)C1CCOCC1. The van der Waals surface area contributed by atoms with Gasteiger partial charge in [-0.2, -0.15) is 0 Å². The van der Waals surface area contributed by atoms with Crippen molar-refractivity contribution in [2.24, 2.45) is 5.92 Å². The molecular formula is C16H18N2O3. The number of oxazole rings is 1. The molecule has 1 aromatic carbocycles. The minimum Gasteiger partial charge on any atom is -0.445 e. The van der Waals surface area contributed by atoms with Crippen LogP contribution >= 0.6 is 0 Å². The average molecular weight is 286 g/mol. The Morgan fingerprint density at radius 1 is 1.33 bits per heavy atom. The molecule has 1 aromatic heterocycles. The summed E-state index contributed by atoms with van der Waals surface area (Å²) in [5, 5.41) is 3.01. The minimum atomic E-state index is 0.0459. The number of carbonyl (C=O) groups is 1. The monoisotopic (exact) mass is 286 g/mol. The van der Waals surface area contributed by atoms with E-state index < -0.39 is 0 Å². The molecule has 0 aliphatic carbocycles. The maximum atomic E-state index is 12.2. The van der Waals surface area contributed by atoms with Gasteiger partial charge in [0.2, 0.25) is 11.8 Å². The molecule has 5 nitrogen and oxygen atoms in total. The summed E-state index contributed by atoms with van der Waals surface area (Å²) in [5.41, 5.74) is 2.73. The van der Waals surface area contributed by atoms with Crippen molar-refractivity contribution < 1.29 is 13.9 Å². The fourth-order valence-electron chi connectivity index (χ4n) is 2.50. The van der Waals surface area contributed by atoms with Gasteiger partial charge in [-0.05, 0) is 43.5 Å². The van der Waals surface area contributed by atoms with E-state index in [4.69, 9.17) is 9.15 Å². The molecule has 3 rings (SSSR count). The summed E-state index contributed by atoms with van der Waals surface area (Å²) in [7, 11) is 0. The fourth-order valence-corrected chi connectivity index (χ4v) is 2.50. The predicted molar refractivity (Wildman–Crippen MR) is 78.8 cm³/mol. The molecule has 1 saturated heterocycles. The maximum Gasteiger partial charge on any atom is 0.227 e. The van der Waals surface area contributed by atoms with Crippen molar-refractivity contribution in [3.63, 3.8) is 0 Å². The van der Waals surface area contributed by atoms with E-state index in [0.29, 0.717) is 19.1 Å². The minimum absolute atomic E-state index is 0.0459. The molecule has 2 heterocycles. The lowest BCUT2D eigenvalue weighted by atomic mass is 9.99. The van der Waals surface area contributed by atoms with Crippen molar-refractivity contribution in [1.82, 2.24) is 4.98 Å². The molecule has 1 N–H and O–H groups in total. The third kappa shape index (κ3) is 3.13. The van der Waals surface area contributed by atoms with Crippen molar-refractivity contribution >= 4 is 11.6 Å². The van der Waals surface area contributed by atoms with E-state index in [-0.39, 0.29) is 11.8 Å². The van der Waals surface area contributed by atoms with Crippen LogP contribution in [0.2, 0.25) is 0 Å². The van der Waals surface area contributed by atoms with Crippen LogP contribution < -0.4 is 5.32 Å². The van der Waals surface area contributed by atoms with Crippen molar-refractivity contribution in [2.75, 3.05) is 18.5 Å². The summed E-state index contributed by atoms with van der Waals surface area (Å²) in [6.45, 7) is 3.30. The molecule has 0 atom stereocenters. The number of nitrogens with zero attached hydrogens (tertiary/aromatic N) is 1. The zero-order valence-corrected chi connectivity index (χ0v) is 12.0. The van der Waals surface area contributed by atoms with Gasteiger partial charge in [-0.25, -0.2) is 4.98 Å². The van der Waals surface area contributed by atoms with Crippen LogP contribution in [0.3, 0.4) is 0 Å². The summed E-state index contributed by atoms with van der Waals surface area (Å²) >= 11 is 0. The molecule has 21 heavy (non-hydrogen) atoms. The Morgan fingerprint density at radius 3 is 2.81 bits per heavy atom. The van der Waals surface area contributed by atoms with E-state index in [1.807, 2.05) is 25.1 Å². The molecule has 2 aromatic rings. The number of anilines is 1. The summed E-state index contributed by atoms with van der Waals surface area (Å²) in [6.07, 6.45) is 4.75. The van der Waals surface area contributed by atoms with Crippen molar-refractivity contribution in [2.45, 2.75) is 19.8 Å². The van der Waals surface area contributed by atoms with Gasteiger partial charge in [-0.15, -0.1) is 0 Å². The van der Waals surface area contributed by atoms with E-state index in [1.165, 1.54) is 0 Å². The Balaban J connectivity index is 1.72.